The first kappa shape index (κ1) is 10.3. The molecule has 0 bridgehead atoms. The fourth-order valence-corrected chi connectivity index (χ4v) is 2.06. The van der Waals surface area contributed by atoms with Crippen molar-refractivity contribution >= 4 is 34.5 Å². The quantitative estimate of drug-likeness (QED) is 0.686. The molecule has 5 heteroatoms. The maximum Gasteiger partial charge on any atom is 0.530 e. The summed E-state index contributed by atoms with van der Waals surface area (Å²) in [5.74, 6) is 0. The van der Waals surface area contributed by atoms with Gasteiger partial charge >= 0.3 is 7.12 Å². The molecular weight excluding hydrogens is 222 g/mol. The van der Waals surface area contributed by atoms with Gasteiger partial charge in [-0.3, -0.25) is 0 Å². The zero-order chi connectivity index (χ0) is 11.8. The average Bonchev–Trinajstić information content (AvgIpc) is 2.76. The van der Waals surface area contributed by atoms with Crippen molar-refractivity contribution in [2.45, 2.75) is 0 Å². The summed E-state index contributed by atoms with van der Waals surface area (Å²) in [5.41, 5.74) is 1.65. The Morgan fingerprint density at radius 3 is 2.65 bits per heavy atom. The molecule has 1 heterocycles. The van der Waals surface area contributed by atoms with Crippen molar-refractivity contribution in [2.75, 3.05) is 0 Å². The molecule has 2 aromatic carbocycles. The number of halogens is 1. The van der Waals surface area contributed by atoms with Gasteiger partial charge in [0.15, 0.2) is 0 Å². The Hall–Kier alpha value is -1.85. The van der Waals surface area contributed by atoms with E-state index >= 15 is 0 Å². The highest BCUT2D eigenvalue weighted by Crippen LogP contribution is 2.27. The molecule has 0 atom stereocenters. The Bertz CT molecular complexity index is 680. The lowest BCUT2D eigenvalue weighted by molar-refractivity contribution is -0.0266. The molecule has 3 nitrogen and oxygen atoms in total. The van der Waals surface area contributed by atoms with Gasteiger partial charge in [0.1, 0.15) is 11.2 Å². The third-order valence-corrected chi connectivity index (χ3v) is 2.79. The van der Waals surface area contributed by atoms with Crippen LogP contribution in [0.2, 0.25) is 0 Å². The van der Waals surface area contributed by atoms with E-state index in [0.717, 1.165) is 5.39 Å². The molecule has 0 amide bonds. The van der Waals surface area contributed by atoms with Crippen molar-refractivity contribution in [2.24, 2.45) is 0 Å². The van der Waals surface area contributed by atoms with Gasteiger partial charge in [-0.2, -0.15) is 0 Å². The molecule has 0 unspecified atom stereocenters. The number of hydrogen-bond acceptors (Lipinski definition) is 3. The van der Waals surface area contributed by atoms with Crippen LogP contribution in [-0.2, 0) is 4.86 Å². The summed E-state index contributed by atoms with van der Waals surface area (Å²) in [5, 5.41) is 11.0. The minimum absolute atomic E-state index is 0.356. The van der Waals surface area contributed by atoms with E-state index in [-0.39, 0.29) is 0 Å². The lowest BCUT2D eigenvalue weighted by Gasteiger charge is -2.01. The molecule has 3 rings (SSSR count). The Morgan fingerprint density at radius 1 is 1.06 bits per heavy atom. The minimum Gasteiger partial charge on any atom is -0.456 e. The predicted octanol–water partition coefficient (Wildman–Crippen LogP) is 2.17. The van der Waals surface area contributed by atoms with Crippen LogP contribution in [0, 0.1) is 0 Å². The van der Waals surface area contributed by atoms with E-state index in [9.17, 15) is 9.55 Å². The smallest absolute Gasteiger partial charge is 0.456 e. The number of fused-ring (bicyclic) bond motifs is 3. The van der Waals surface area contributed by atoms with Crippen LogP contribution in [0.5, 0.6) is 0 Å². The monoisotopic (exact) mass is 230 g/mol. The highest BCUT2D eigenvalue weighted by Gasteiger charge is 2.23. The Kier molecular flexibility index (Phi) is 2.35. The first-order valence-corrected chi connectivity index (χ1v) is 5.17. The molecule has 3 aromatic rings. The van der Waals surface area contributed by atoms with Gasteiger partial charge in [-0.15, -0.1) is 0 Å². The van der Waals surface area contributed by atoms with E-state index in [1.54, 1.807) is 18.2 Å². The van der Waals surface area contributed by atoms with Crippen molar-refractivity contribution in [3.8, 4) is 0 Å². The fourth-order valence-electron chi connectivity index (χ4n) is 2.06. The van der Waals surface area contributed by atoms with Gasteiger partial charge in [0.25, 0.3) is 0 Å². The molecule has 0 aliphatic carbocycles. The minimum atomic E-state index is -1.60. The van der Waals surface area contributed by atoms with E-state index in [4.69, 9.17) is 4.42 Å². The molecule has 0 aliphatic rings. The number of furan rings is 1. The average molecular weight is 230 g/mol. The molecule has 17 heavy (non-hydrogen) atoms. The summed E-state index contributed by atoms with van der Waals surface area (Å²) in [6.07, 6.45) is 0. The Labute approximate surface area is 96.5 Å². The summed E-state index contributed by atoms with van der Waals surface area (Å²) in [6, 6.07) is 12.4. The number of para-hydroxylation sites is 1. The van der Waals surface area contributed by atoms with Gasteiger partial charge in [-0.1, -0.05) is 34.9 Å². The third-order valence-electron chi connectivity index (χ3n) is 2.79. The number of rotatable bonds is 2. The summed E-state index contributed by atoms with van der Waals surface area (Å²) in [4.78, 5) is 3.48. The van der Waals surface area contributed by atoms with Crippen molar-refractivity contribution in [1.29, 1.82) is 0 Å². The van der Waals surface area contributed by atoms with Crippen molar-refractivity contribution in [1.82, 2.24) is 0 Å². The SMILES string of the molecule is OB(OF)c1cccc2oc3ccccc3c12. The van der Waals surface area contributed by atoms with E-state index in [2.05, 4.69) is 4.86 Å². The molecule has 1 aromatic heterocycles. The van der Waals surface area contributed by atoms with Crippen LogP contribution in [0.3, 0.4) is 0 Å². The van der Waals surface area contributed by atoms with E-state index in [1.807, 2.05) is 24.3 Å². The topological polar surface area (TPSA) is 42.6 Å². The molecule has 0 aliphatic heterocycles. The summed E-state index contributed by atoms with van der Waals surface area (Å²) in [6.45, 7) is 0. The summed E-state index contributed by atoms with van der Waals surface area (Å²) < 4.78 is 17.7. The maximum absolute atomic E-state index is 12.1. The van der Waals surface area contributed by atoms with Gasteiger partial charge in [0, 0.05) is 10.8 Å². The van der Waals surface area contributed by atoms with Crippen LogP contribution in [0.1, 0.15) is 0 Å². The Balaban J connectivity index is 2.43. The predicted molar refractivity (Wildman–Crippen MR) is 63.5 cm³/mol. The second-order valence-corrected chi connectivity index (χ2v) is 3.76. The van der Waals surface area contributed by atoms with Crippen LogP contribution in [0.15, 0.2) is 46.9 Å². The number of benzene rings is 2. The van der Waals surface area contributed by atoms with E-state index < -0.39 is 7.12 Å². The molecule has 0 saturated heterocycles. The van der Waals surface area contributed by atoms with Crippen LogP contribution in [-0.4, -0.2) is 12.1 Å². The first-order chi connectivity index (χ1) is 8.31. The van der Waals surface area contributed by atoms with Crippen LogP contribution >= 0.6 is 0 Å². The zero-order valence-corrected chi connectivity index (χ0v) is 8.76. The second-order valence-electron chi connectivity index (χ2n) is 3.76. The fraction of sp³-hybridized carbons (Fsp3) is 0. The third kappa shape index (κ3) is 1.51. The molecule has 0 radical (unpaired) electrons. The van der Waals surface area contributed by atoms with Crippen LogP contribution in [0.25, 0.3) is 21.9 Å². The molecule has 0 fully saturated rings. The highest BCUT2D eigenvalue weighted by molar-refractivity contribution is 6.63. The standard InChI is InChI=1S/C12H8BFO3/c14-17-13(15)9-5-3-7-11-12(9)8-4-1-2-6-10(8)16-11/h1-7,15H. The van der Waals surface area contributed by atoms with Gasteiger partial charge in [0.05, 0.1) is 0 Å². The van der Waals surface area contributed by atoms with Gasteiger partial charge in [-0.05, 0) is 17.6 Å². The highest BCUT2D eigenvalue weighted by atomic mass is 19.3. The second kappa shape index (κ2) is 3.87. The molecule has 84 valence electrons. The van der Waals surface area contributed by atoms with E-state index in [1.165, 1.54) is 0 Å². The van der Waals surface area contributed by atoms with Gasteiger partial charge < -0.3 is 9.44 Å². The van der Waals surface area contributed by atoms with Crippen LogP contribution in [0.4, 0.5) is 4.53 Å². The first-order valence-electron chi connectivity index (χ1n) is 5.17. The van der Waals surface area contributed by atoms with Crippen LogP contribution < -0.4 is 5.46 Å². The zero-order valence-electron chi connectivity index (χ0n) is 8.76. The van der Waals surface area contributed by atoms with E-state index in [0.29, 0.717) is 22.0 Å². The van der Waals surface area contributed by atoms with Crippen molar-refractivity contribution < 1.29 is 18.8 Å². The number of hydrogen-bond donors (Lipinski definition) is 1. The maximum atomic E-state index is 12.1. The van der Waals surface area contributed by atoms with Gasteiger partial charge in [0.2, 0.25) is 0 Å². The normalized spacial score (nSPS) is 11.2. The van der Waals surface area contributed by atoms with Crippen molar-refractivity contribution in [3.05, 3.63) is 42.5 Å². The summed E-state index contributed by atoms with van der Waals surface area (Å²) in [7, 11) is -1.60. The summed E-state index contributed by atoms with van der Waals surface area (Å²) >= 11 is 0. The van der Waals surface area contributed by atoms with Crippen molar-refractivity contribution in [3.63, 3.8) is 0 Å². The molecule has 1 N–H and O–H groups in total. The Morgan fingerprint density at radius 2 is 1.82 bits per heavy atom. The largest absolute Gasteiger partial charge is 0.530 e. The molecular formula is C12H8BFO3. The lowest BCUT2D eigenvalue weighted by Crippen LogP contribution is -2.31. The molecule has 0 spiro atoms. The lowest BCUT2D eigenvalue weighted by atomic mass is 9.77. The molecule has 0 saturated carbocycles. The van der Waals surface area contributed by atoms with Gasteiger partial charge in [-0.25, -0.2) is 4.86 Å².